The Morgan fingerprint density at radius 3 is 2.85 bits per heavy atom. The standard InChI is InChI=1S/C9H18N2OS/c1-7(2)11-4-5-13-6-8(10-3)9(11)12/h7-8,10H,4-6H2,1-3H3. The molecule has 0 spiro atoms. The van der Waals surface area contributed by atoms with Crippen molar-refractivity contribution < 1.29 is 4.79 Å². The van der Waals surface area contributed by atoms with Crippen molar-refractivity contribution in [3.8, 4) is 0 Å². The average molecular weight is 202 g/mol. The fraction of sp³-hybridized carbons (Fsp3) is 0.889. The van der Waals surface area contributed by atoms with Gasteiger partial charge in [0.1, 0.15) is 0 Å². The predicted octanol–water partition coefficient (Wildman–Crippen LogP) is 0.558. The maximum absolute atomic E-state index is 11.9. The molecule has 1 N–H and O–H groups in total. The summed E-state index contributed by atoms with van der Waals surface area (Å²) in [5, 5.41) is 3.07. The second kappa shape index (κ2) is 4.86. The van der Waals surface area contributed by atoms with Crippen LogP contribution in [-0.2, 0) is 4.79 Å². The normalized spacial score (nSPS) is 25.1. The number of thioether (sulfide) groups is 1. The van der Waals surface area contributed by atoms with E-state index in [0.717, 1.165) is 18.1 Å². The van der Waals surface area contributed by atoms with Crippen LogP contribution in [0.3, 0.4) is 0 Å². The van der Waals surface area contributed by atoms with E-state index in [1.165, 1.54) is 0 Å². The number of nitrogens with one attached hydrogen (secondary N) is 1. The van der Waals surface area contributed by atoms with Crippen molar-refractivity contribution in [1.82, 2.24) is 10.2 Å². The fourth-order valence-corrected chi connectivity index (χ4v) is 2.50. The number of carbonyl (C=O) groups is 1. The first-order chi connectivity index (χ1) is 6.16. The summed E-state index contributed by atoms with van der Waals surface area (Å²) in [4.78, 5) is 13.8. The Kier molecular flexibility index (Phi) is 4.06. The summed E-state index contributed by atoms with van der Waals surface area (Å²) in [5.74, 6) is 2.21. The second-order valence-electron chi connectivity index (χ2n) is 3.54. The van der Waals surface area contributed by atoms with Gasteiger partial charge in [-0.1, -0.05) is 0 Å². The van der Waals surface area contributed by atoms with Crippen molar-refractivity contribution in [2.24, 2.45) is 0 Å². The molecule has 0 aliphatic carbocycles. The lowest BCUT2D eigenvalue weighted by atomic mass is 10.2. The Labute approximate surface area is 84.2 Å². The quantitative estimate of drug-likeness (QED) is 0.710. The van der Waals surface area contributed by atoms with Gasteiger partial charge in [0.25, 0.3) is 0 Å². The molecule has 1 aliphatic heterocycles. The van der Waals surface area contributed by atoms with Crippen molar-refractivity contribution in [2.45, 2.75) is 25.9 Å². The van der Waals surface area contributed by atoms with Crippen LogP contribution in [-0.4, -0.2) is 48.0 Å². The summed E-state index contributed by atoms with van der Waals surface area (Å²) >= 11 is 1.85. The van der Waals surface area contributed by atoms with E-state index in [4.69, 9.17) is 0 Å². The SMILES string of the molecule is CNC1CSCCN(C(C)C)C1=O. The molecule has 1 unspecified atom stereocenters. The van der Waals surface area contributed by atoms with Crippen LogP contribution in [0.5, 0.6) is 0 Å². The highest BCUT2D eigenvalue weighted by Gasteiger charge is 2.27. The number of carbonyl (C=O) groups excluding carboxylic acids is 1. The lowest BCUT2D eigenvalue weighted by molar-refractivity contribution is -0.133. The van der Waals surface area contributed by atoms with Crippen LogP contribution in [0.1, 0.15) is 13.8 Å². The van der Waals surface area contributed by atoms with E-state index >= 15 is 0 Å². The highest BCUT2D eigenvalue weighted by molar-refractivity contribution is 7.99. The van der Waals surface area contributed by atoms with Crippen LogP contribution in [0.4, 0.5) is 0 Å². The molecule has 1 amide bonds. The summed E-state index contributed by atoms with van der Waals surface area (Å²) in [6, 6.07) is 0.331. The Morgan fingerprint density at radius 1 is 1.62 bits per heavy atom. The maximum Gasteiger partial charge on any atom is 0.240 e. The van der Waals surface area contributed by atoms with Gasteiger partial charge in [0.15, 0.2) is 0 Å². The van der Waals surface area contributed by atoms with E-state index in [1.807, 2.05) is 23.7 Å². The zero-order valence-corrected chi connectivity index (χ0v) is 9.36. The van der Waals surface area contributed by atoms with Crippen LogP contribution in [0.25, 0.3) is 0 Å². The van der Waals surface area contributed by atoms with Crippen LogP contribution < -0.4 is 5.32 Å². The molecule has 1 aliphatic rings. The second-order valence-corrected chi connectivity index (χ2v) is 4.69. The molecule has 1 rings (SSSR count). The molecule has 0 aromatic carbocycles. The molecule has 1 atom stereocenters. The molecule has 3 nitrogen and oxygen atoms in total. The molecule has 0 saturated carbocycles. The van der Waals surface area contributed by atoms with Crippen molar-refractivity contribution in [2.75, 3.05) is 25.1 Å². The molecule has 13 heavy (non-hydrogen) atoms. The molecule has 0 aromatic heterocycles. The van der Waals surface area contributed by atoms with Gasteiger partial charge in [-0.15, -0.1) is 0 Å². The zero-order valence-electron chi connectivity index (χ0n) is 8.54. The number of rotatable bonds is 2. The molecule has 1 saturated heterocycles. The Bertz CT molecular complexity index is 184. The molecular formula is C9H18N2OS. The van der Waals surface area contributed by atoms with E-state index < -0.39 is 0 Å². The first-order valence-electron chi connectivity index (χ1n) is 4.72. The molecule has 0 bridgehead atoms. The van der Waals surface area contributed by atoms with Gasteiger partial charge in [0, 0.05) is 24.1 Å². The number of hydrogen-bond donors (Lipinski definition) is 1. The number of hydrogen-bond acceptors (Lipinski definition) is 3. The Hall–Kier alpha value is -0.220. The first-order valence-corrected chi connectivity index (χ1v) is 5.87. The van der Waals surface area contributed by atoms with Crippen LogP contribution in [0.2, 0.25) is 0 Å². The summed E-state index contributed by atoms with van der Waals surface area (Å²) in [5.41, 5.74) is 0. The number of amides is 1. The van der Waals surface area contributed by atoms with E-state index in [1.54, 1.807) is 0 Å². The maximum atomic E-state index is 11.9. The molecule has 1 fully saturated rings. The Balaban J connectivity index is 2.67. The van der Waals surface area contributed by atoms with E-state index in [9.17, 15) is 4.79 Å². The smallest absolute Gasteiger partial charge is 0.240 e. The fourth-order valence-electron chi connectivity index (χ4n) is 1.47. The molecular weight excluding hydrogens is 184 g/mol. The molecule has 1 heterocycles. The van der Waals surface area contributed by atoms with Crippen molar-refractivity contribution in [3.05, 3.63) is 0 Å². The minimum absolute atomic E-state index is 0.00917. The first kappa shape index (κ1) is 10.9. The third kappa shape index (κ3) is 2.61. The monoisotopic (exact) mass is 202 g/mol. The third-order valence-electron chi connectivity index (χ3n) is 2.31. The molecule has 0 aromatic rings. The van der Waals surface area contributed by atoms with Crippen molar-refractivity contribution in [1.29, 1.82) is 0 Å². The molecule has 76 valence electrons. The minimum atomic E-state index is 0.00917. The lowest BCUT2D eigenvalue weighted by Gasteiger charge is -2.27. The summed E-state index contributed by atoms with van der Waals surface area (Å²) < 4.78 is 0. The topological polar surface area (TPSA) is 32.3 Å². The van der Waals surface area contributed by atoms with Crippen molar-refractivity contribution >= 4 is 17.7 Å². The molecule has 0 radical (unpaired) electrons. The van der Waals surface area contributed by atoms with Gasteiger partial charge in [0.05, 0.1) is 6.04 Å². The third-order valence-corrected chi connectivity index (χ3v) is 3.35. The van der Waals surface area contributed by atoms with Gasteiger partial charge < -0.3 is 10.2 Å². The van der Waals surface area contributed by atoms with Gasteiger partial charge >= 0.3 is 0 Å². The van der Waals surface area contributed by atoms with E-state index in [-0.39, 0.29) is 11.9 Å². The van der Waals surface area contributed by atoms with Gasteiger partial charge in [0.2, 0.25) is 5.91 Å². The van der Waals surface area contributed by atoms with E-state index in [2.05, 4.69) is 19.2 Å². The van der Waals surface area contributed by atoms with Gasteiger partial charge in [-0.25, -0.2) is 0 Å². The minimum Gasteiger partial charge on any atom is -0.338 e. The predicted molar refractivity (Wildman–Crippen MR) is 57.0 cm³/mol. The van der Waals surface area contributed by atoms with Crippen molar-refractivity contribution in [3.63, 3.8) is 0 Å². The summed E-state index contributed by atoms with van der Waals surface area (Å²) in [6.45, 7) is 5.03. The molecule has 4 heteroatoms. The van der Waals surface area contributed by atoms with Crippen LogP contribution in [0.15, 0.2) is 0 Å². The van der Waals surface area contributed by atoms with Crippen LogP contribution >= 0.6 is 11.8 Å². The van der Waals surface area contributed by atoms with Crippen LogP contribution in [0, 0.1) is 0 Å². The Morgan fingerprint density at radius 2 is 2.31 bits per heavy atom. The number of likely N-dealkylation sites (N-methyl/N-ethyl adjacent to an activating group) is 1. The summed E-state index contributed by atoms with van der Waals surface area (Å²) in [6.07, 6.45) is 0. The lowest BCUT2D eigenvalue weighted by Crippen LogP contribution is -2.48. The zero-order chi connectivity index (χ0) is 9.84. The number of nitrogens with zero attached hydrogens (tertiary/aromatic N) is 1. The van der Waals surface area contributed by atoms with E-state index in [0.29, 0.717) is 6.04 Å². The summed E-state index contributed by atoms with van der Waals surface area (Å²) in [7, 11) is 1.85. The van der Waals surface area contributed by atoms with Gasteiger partial charge in [-0.05, 0) is 20.9 Å². The highest BCUT2D eigenvalue weighted by Crippen LogP contribution is 2.13. The van der Waals surface area contributed by atoms with Gasteiger partial charge in [-0.2, -0.15) is 11.8 Å². The average Bonchev–Trinajstić information content (AvgIpc) is 2.26. The van der Waals surface area contributed by atoms with Gasteiger partial charge in [-0.3, -0.25) is 4.79 Å². The largest absolute Gasteiger partial charge is 0.338 e. The highest BCUT2D eigenvalue weighted by atomic mass is 32.2.